The minimum absolute atomic E-state index is 0.152. The van der Waals surface area contributed by atoms with Crippen LogP contribution in [-0.4, -0.2) is 62.4 Å². The summed E-state index contributed by atoms with van der Waals surface area (Å²) < 4.78 is 50.7. The molecule has 0 N–H and O–H groups in total. The molecule has 0 saturated heterocycles. The molecule has 3 rings (SSSR count). The molecule has 0 aliphatic carbocycles. The highest BCUT2D eigenvalue weighted by atomic mass is 35.5. The van der Waals surface area contributed by atoms with Gasteiger partial charge >= 0.3 is 12.1 Å². The highest BCUT2D eigenvalue weighted by Crippen LogP contribution is 2.36. The van der Waals surface area contributed by atoms with Crippen molar-refractivity contribution in [2.75, 3.05) is 51.4 Å². The summed E-state index contributed by atoms with van der Waals surface area (Å²) in [4.78, 5) is 19.7. The third-order valence-corrected chi connectivity index (χ3v) is 6.21. The van der Waals surface area contributed by atoms with E-state index < -0.39 is 11.7 Å². The first-order valence-electron chi connectivity index (χ1n) is 11.3. The number of hydrogen-bond donors (Lipinski definition) is 0. The number of halogens is 4. The fourth-order valence-corrected chi connectivity index (χ4v) is 4.41. The number of carbonyl (C=O) groups excluding carboxylic acids is 1. The quantitative estimate of drug-likeness (QED) is 0.203. The summed E-state index contributed by atoms with van der Waals surface area (Å²) in [5.74, 6) is -0.310. The largest absolute Gasteiger partial charge is 0.465 e. The van der Waals surface area contributed by atoms with Crippen LogP contribution >= 0.6 is 22.9 Å². The van der Waals surface area contributed by atoms with Crippen molar-refractivity contribution in [2.45, 2.75) is 13.1 Å². The average molecular weight is 542 g/mol. The van der Waals surface area contributed by atoms with E-state index in [1.807, 2.05) is 17.5 Å². The van der Waals surface area contributed by atoms with Crippen LogP contribution in [0.2, 0.25) is 5.02 Å². The van der Waals surface area contributed by atoms with Gasteiger partial charge < -0.3 is 14.4 Å². The van der Waals surface area contributed by atoms with Gasteiger partial charge in [-0.15, -0.1) is 11.3 Å². The topological polar surface area (TPSA) is 54.9 Å². The molecule has 0 amide bonds. The lowest BCUT2D eigenvalue weighted by Crippen LogP contribution is -2.31. The van der Waals surface area contributed by atoms with Gasteiger partial charge in [0.1, 0.15) is 0 Å². The Kier molecular flexibility index (Phi) is 10.1. The highest BCUT2D eigenvalue weighted by Gasteiger charge is 2.31. The maximum absolute atomic E-state index is 13.4. The van der Waals surface area contributed by atoms with Crippen LogP contribution in [0.5, 0.6) is 0 Å². The molecule has 0 saturated carbocycles. The lowest BCUT2D eigenvalue weighted by Gasteiger charge is -2.23. The minimum Gasteiger partial charge on any atom is -0.465 e. The third-order valence-electron chi connectivity index (χ3n) is 5.11. The van der Waals surface area contributed by atoms with Crippen LogP contribution in [-0.2, 0) is 20.4 Å². The highest BCUT2D eigenvalue weighted by molar-refractivity contribution is 7.14. The van der Waals surface area contributed by atoms with Gasteiger partial charge in [-0.3, -0.25) is 9.69 Å². The molecule has 6 nitrogen and oxygen atoms in total. The van der Waals surface area contributed by atoms with E-state index in [0.717, 1.165) is 17.7 Å². The summed E-state index contributed by atoms with van der Waals surface area (Å²) in [6.07, 6.45) is -4.46. The number of esters is 1. The second-order valence-electron chi connectivity index (χ2n) is 7.88. The first-order chi connectivity index (χ1) is 17.2. The standard InChI is InChI=1S/C25H27ClF3N3O3S/c1-3-35-23(33)16-31(2)10-12-34-13-11-32(21-9-5-7-19(15-21)25(27,28)29)24-30-22(17-36-24)18-6-4-8-20(26)14-18/h4-9,14-15,17H,3,10-13,16H2,1-2H3. The van der Waals surface area contributed by atoms with Gasteiger partial charge in [0.05, 0.1) is 37.6 Å². The number of nitrogens with zero attached hydrogens (tertiary/aromatic N) is 3. The Morgan fingerprint density at radius 1 is 1.11 bits per heavy atom. The molecule has 194 valence electrons. The molecular formula is C25H27ClF3N3O3S. The van der Waals surface area contributed by atoms with Gasteiger partial charge in [0.2, 0.25) is 0 Å². The molecule has 0 atom stereocenters. The number of rotatable bonds is 12. The van der Waals surface area contributed by atoms with Gasteiger partial charge in [0.15, 0.2) is 5.13 Å². The second-order valence-corrected chi connectivity index (χ2v) is 9.15. The van der Waals surface area contributed by atoms with Crippen LogP contribution in [0.15, 0.2) is 53.9 Å². The second kappa shape index (κ2) is 13.0. The number of anilines is 2. The first-order valence-corrected chi connectivity index (χ1v) is 12.5. The number of carbonyl (C=O) groups is 1. The normalized spacial score (nSPS) is 11.6. The maximum atomic E-state index is 13.4. The Labute approximate surface area is 217 Å². The summed E-state index contributed by atoms with van der Waals surface area (Å²) in [6, 6.07) is 12.4. The van der Waals surface area contributed by atoms with Gasteiger partial charge in [-0.05, 0) is 44.3 Å². The molecule has 36 heavy (non-hydrogen) atoms. The Balaban J connectivity index is 1.71. The number of thiazole rings is 1. The van der Waals surface area contributed by atoms with Crippen molar-refractivity contribution in [2.24, 2.45) is 0 Å². The van der Waals surface area contributed by atoms with Crippen LogP contribution in [0.25, 0.3) is 11.3 Å². The number of alkyl halides is 3. The van der Waals surface area contributed by atoms with E-state index in [4.69, 9.17) is 21.1 Å². The van der Waals surface area contributed by atoms with Crippen LogP contribution < -0.4 is 4.90 Å². The smallest absolute Gasteiger partial charge is 0.416 e. The third kappa shape index (κ3) is 8.19. The molecule has 2 aromatic carbocycles. The number of hydrogen-bond acceptors (Lipinski definition) is 7. The Hall–Kier alpha value is -2.66. The number of likely N-dealkylation sites (N-methyl/N-ethyl adjacent to an activating group) is 1. The van der Waals surface area contributed by atoms with E-state index in [1.165, 1.54) is 17.4 Å². The molecule has 1 heterocycles. The van der Waals surface area contributed by atoms with Crippen LogP contribution in [0, 0.1) is 0 Å². The van der Waals surface area contributed by atoms with Gasteiger partial charge in [-0.1, -0.05) is 29.8 Å². The zero-order valence-electron chi connectivity index (χ0n) is 19.9. The van der Waals surface area contributed by atoms with Crippen LogP contribution in [0.4, 0.5) is 24.0 Å². The SMILES string of the molecule is CCOC(=O)CN(C)CCOCCN(c1cccc(C(F)(F)F)c1)c1nc(-c2cccc(Cl)c2)cs1. The molecule has 11 heteroatoms. The average Bonchev–Trinajstić information content (AvgIpc) is 3.31. The van der Waals surface area contributed by atoms with Crippen molar-refractivity contribution in [3.63, 3.8) is 0 Å². The number of aromatic nitrogens is 1. The molecule has 0 radical (unpaired) electrons. The van der Waals surface area contributed by atoms with Gasteiger partial charge in [0.25, 0.3) is 0 Å². The Morgan fingerprint density at radius 3 is 2.58 bits per heavy atom. The molecular weight excluding hydrogens is 515 g/mol. The van der Waals surface area contributed by atoms with Crippen molar-refractivity contribution in [1.82, 2.24) is 9.88 Å². The van der Waals surface area contributed by atoms with E-state index >= 15 is 0 Å². The van der Waals surface area contributed by atoms with Gasteiger partial charge in [-0.2, -0.15) is 13.2 Å². The summed E-state index contributed by atoms with van der Waals surface area (Å²) in [5, 5.41) is 2.94. The van der Waals surface area contributed by atoms with E-state index in [9.17, 15) is 18.0 Å². The number of ether oxygens (including phenoxy) is 2. The first kappa shape index (κ1) is 27.9. The molecule has 0 aliphatic rings. The predicted molar refractivity (Wildman–Crippen MR) is 136 cm³/mol. The molecule has 0 bridgehead atoms. The van der Waals surface area contributed by atoms with Crippen molar-refractivity contribution in [1.29, 1.82) is 0 Å². The van der Waals surface area contributed by atoms with Crippen molar-refractivity contribution in [3.8, 4) is 11.3 Å². The summed E-state index contributed by atoms with van der Waals surface area (Å²) in [6.45, 7) is 3.60. The molecule has 3 aromatic rings. The van der Waals surface area contributed by atoms with Crippen molar-refractivity contribution < 1.29 is 27.4 Å². The molecule has 0 unspecified atom stereocenters. The molecule has 0 spiro atoms. The predicted octanol–water partition coefficient (Wildman–Crippen LogP) is 6.13. The number of benzene rings is 2. The summed E-state index contributed by atoms with van der Waals surface area (Å²) in [5.41, 5.74) is 1.11. The zero-order valence-corrected chi connectivity index (χ0v) is 21.5. The minimum atomic E-state index is -4.46. The van der Waals surface area contributed by atoms with Gasteiger partial charge in [-0.25, -0.2) is 4.98 Å². The Bertz CT molecular complexity index is 1140. The monoisotopic (exact) mass is 541 g/mol. The van der Waals surface area contributed by atoms with E-state index in [2.05, 4.69) is 4.98 Å². The summed E-state index contributed by atoms with van der Waals surface area (Å²) in [7, 11) is 1.78. The van der Waals surface area contributed by atoms with Gasteiger partial charge in [0, 0.05) is 34.7 Å². The lowest BCUT2D eigenvalue weighted by atomic mass is 10.2. The molecule has 1 aromatic heterocycles. The zero-order chi connectivity index (χ0) is 26.1. The molecule has 0 fully saturated rings. The van der Waals surface area contributed by atoms with Crippen LogP contribution in [0.3, 0.4) is 0 Å². The fraction of sp³-hybridized carbons (Fsp3) is 0.360. The van der Waals surface area contributed by atoms with Crippen molar-refractivity contribution in [3.05, 3.63) is 64.5 Å². The molecule has 0 aliphatic heterocycles. The van der Waals surface area contributed by atoms with Crippen LogP contribution in [0.1, 0.15) is 12.5 Å². The summed E-state index contributed by atoms with van der Waals surface area (Å²) >= 11 is 7.42. The van der Waals surface area contributed by atoms with E-state index in [1.54, 1.807) is 42.0 Å². The maximum Gasteiger partial charge on any atom is 0.416 e. The Morgan fingerprint density at radius 2 is 1.86 bits per heavy atom. The van der Waals surface area contributed by atoms with Crippen molar-refractivity contribution >= 4 is 39.7 Å². The van der Waals surface area contributed by atoms with E-state index in [-0.39, 0.29) is 25.7 Å². The fourth-order valence-electron chi connectivity index (χ4n) is 3.34. The lowest BCUT2D eigenvalue weighted by molar-refractivity contribution is -0.144. The van der Waals surface area contributed by atoms with E-state index in [0.29, 0.717) is 41.3 Å².